The minimum Gasteiger partial charge on any atom is -0.314 e. The molecule has 0 radical (unpaired) electrons. The largest absolute Gasteiger partial charge is 0.314 e. The Morgan fingerprint density at radius 2 is 1.50 bits per heavy atom. The van der Waals surface area contributed by atoms with Gasteiger partial charge >= 0.3 is 0 Å². The third kappa shape index (κ3) is 2.79. The molecular weight excluding hydrogens is 326 g/mol. The smallest absolute Gasteiger partial charge is 0.243 e. The van der Waals surface area contributed by atoms with Crippen LogP contribution in [0.2, 0.25) is 0 Å². The van der Waals surface area contributed by atoms with E-state index in [0.717, 1.165) is 0 Å². The maximum atomic E-state index is 12.5. The zero-order chi connectivity index (χ0) is 15.8. The lowest BCUT2D eigenvalue weighted by Gasteiger charge is -2.40. The summed E-state index contributed by atoms with van der Waals surface area (Å²) in [6.45, 7) is 2.23. The molecule has 0 spiro atoms. The van der Waals surface area contributed by atoms with Crippen LogP contribution < -0.4 is 5.32 Å². The lowest BCUT2D eigenvalue weighted by Crippen LogP contribution is -2.61. The van der Waals surface area contributed by atoms with Gasteiger partial charge in [0.05, 0.1) is 4.90 Å². The highest BCUT2D eigenvalue weighted by Gasteiger charge is 2.45. The third-order valence-electron chi connectivity index (χ3n) is 4.05. The van der Waals surface area contributed by atoms with Gasteiger partial charge in [0.15, 0.2) is 0 Å². The fraction of sp³-hybridized carbons (Fsp3) is 0.538. The summed E-state index contributed by atoms with van der Waals surface area (Å²) in [4.78, 5) is 0.202. The number of nitrogens with one attached hydrogen (secondary N) is 1. The molecule has 0 unspecified atom stereocenters. The predicted molar refractivity (Wildman–Crippen MR) is 82.4 cm³/mol. The number of rotatable bonds is 4. The van der Waals surface area contributed by atoms with Gasteiger partial charge in [-0.2, -0.15) is 8.61 Å². The van der Waals surface area contributed by atoms with Gasteiger partial charge in [0.1, 0.15) is 5.25 Å². The Kier molecular flexibility index (Phi) is 4.25. The van der Waals surface area contributed by atoms with Crippen molar-refractivity contribution in [3.05, 3.63) is 30.3 Å². The van der Waals surface area contributed by atoms with E-state index in [0.29, 0.717) is 26.2 Å². The molecule has 122 valence electrons. The number of hydrogen-bond acceptors (Lipinski definition) is 5. The van der Waals surface area contributed by atoms with E-state index in [-0.39, 0.29) is 18.0 Å². The van der Waals surface area contributed by atoms with Crippen LogP contribution in [-0.2, 0) is 20.0 Å². The van der Waals surface area contributed by atoms with Crippen LogP contribution in [0.4, 0.5) is 0 Å². The van der Waals surface area contributed by atoms with E-state index in [2.05, 4.69) is 5.32 Å². The second-order valence-corrected chi connectivity index (χ2v) is 9.60. The average Bonchev–Trinajstić information content (AvgIpc) is 2.47. The molecule has 0 atom stereocenters. The molecule has 22 heavy (non-hydrogen) atoms. The topological polar surface area (TPSA) is 86.8 Å². The van der Waals surface area contributed by atoms with Gasteiger partial charge in [-0.3, -0.25) is 0 Å². The molecule has 1 N–H and O–H groups in total. The van der Waals surface area contributed by atoms with Crippen molar-refractivity contribution in [1.29, 1.82) is 0 Å². The zero-order valence-electron chi connectivity index (χ0n) is 12.1. The summed E-state index contributed by atoms with van der Waals surface area (Å²) in [7, 11) is -7.00. The first kappa shape index (κ1) is 15.9. The highest BCUT2D eigenvalue weighted by Crippen LogP contribution is 2.26. The maximum Gasteiger partial charge on any atom is 0.243 e. The Bertz CT molecular complexity index is 722. The molecule has 2 saturated heterocycles. The molecule has 0 aromatic heterocycles. The fourth-order valence-corrected chi connectivity index (χ4v) is 6.23. The molecule has 1 aromatic carbocycles. The van der Waals surface area contributed by atoms with Crippen LogP contribution >= 0.6 is 0 Å². The minimum absolute atomic E-state index is 0.0312. The van der Waals surface area contributed by atoms with Crippen molar-refractivity contribution in [2.45, 2.75) is 10.1 Å². The van der Waals surface area contributed by atoms with Crippen molar-refractivity contribution < 1.29 is 16.8 Å². The normalized spacial score (nSPS) is 22.4. The molecule has 2 heterocycles. The van der Waals surface area contributed by atoms with E-state index in [1.807, 2.05) is 0 Å². The summed E-state index contributed by atoms with van der Waals surface area (Å²) in [5.41, 5.74) is 0. The van der Waals surface area contributed by atoms with Gasteiger partial charge in [-0.05, 0) is 12.1 Å². The van der Waals surface area contributed by atoms with E-state index >= 15 is 0 Å². The van der Waals surface area contributed by atoms with Crippen LogP contribution in [0.1, 0.15) is 0 Å². The minimum atomic E-state index is -3.59. The monoisotopic (exact) mass is 345 g/mol. The Hall–Kier alpha value is -1.00. The molecule has 2 aliphatic heterocycles. The molecule has 7 nitrogen and oxygen atoms in total. The van der Waals surface area contributed by atoms with E-state index < -0.39 is 25.3 Å². The van der Waals surface area contributed by atoms with Crippen LogP contribution in [0.25, 0.3) is 0 Å². The molecule has 2 aliphatic rings. The van der Waals surface area contributed by atoms with E-state index in [4.69, 9.17) is 0 Å². The third-order valence-corrected chi connectivity index (χ3v) is 8.12. The Morgan fingerprint density at radius 1 is 0.909 bits per heavy atom. The number of benzene rings is 1. The van der Waals surface area contributed by atoms with Crippen molar-refractivity contribution in [1.82, 2.24) is 13.9 Å². The van der Waals surface area contributed by atoms with Gasteiger partial charge in [0, 0.05) is 39.3 Å². The molecule has 9 heteroatoms. The van der Waals surface area contributed by atoms with Crippen LogP contribution in [0.5, 0.6) is 0 Å². The van der Waals surface area contributed by atoms with Gasteiger partial charge < -0.3 is 5.32 Å². The summed E-state index contributed by atoms with van der Waals surface area (Å²) < 4.78 is 52.3. The number of sulfonamides is 2. The molecule has 0 saturated carbocycles. The SMILES string of the molecule is O=S(=O)(c1ccccc1)N1CC(S(=O)(=O)N2CCNCC2)C1. The van der Waals surface area contributed by atoms with Gasteiger partial charge in [0.2, 0.25) is 20.0 Å². The van der Waals surface area contributed by atoms with E-state index in [1.165, 1.54) is 20.7 Å². The Labute approximate surface area is 131 Å². The van der Waals surface area contributed by atoms with Gasteiger partial charge in [0.25, 0.3) is 0 Å². The second kappa shape index (κ2) is 5.89. The highest BCUT2D eigenvalue weighted by molar-refractivity contribution is 7.91. The standard InChI is InChI=1S/C13H19N3O4S2/c17-21(18,12-4-2-1-3-5-12)16-10-13(11-16)22(19,20)15-8-6-14-7-9-15/h1-5,13-14H,6-11H2. The van der Waals surface area contributed by atoms with Gasteiger partial charge in [-0.15, -0.1) is 0 Å². The van der Waals surface area contributed by atoms with Gasteiger partial charge in [-0.25, -0.2) is 16.8 Å². The second-order valence-electron chi connectivity index (χ2n) is 5.45. The molecular formula is C13H19N3O4S2. The lowest BCUT2D eigenvalue weighted by molar-refractivity contribution is 0.287. The number of nitrogens with zero attached hydrogens (tertiary/aromatic N) is 2. The summed E-state index contributed by atoms with van der Waals surface area (Å²) in [6, 6.07) is 8.09. The molecule has 0 amide bonds. The first-order valence-corrected chi connectivity index (χ1v) is 10.1. The van der Waals surface area contributed by atoms with Crippen LogP contribution in [0, 0.1) is 0 Å². The van der Waals surface area contributed by atoms with Crippen LogP contribution in [-0.4, -0.2) is 70.0 Å². The highest BCUT2D eigenvalue weighted by atomic mass is 32.2. The quantitative estimate of drug-likeness (QED) is 0.779. The molecule has 0 aliphatic carbocycles. The lowest BCUT2D eigenvalue weighted by atomic mass is 10.3. The maximum absolute atomic E-state index is 12.5. The number of hydrogen-bond donors (Lipinski definition) is 1. The van der Waals surface area contributed by atoms with Crippen molar-refractivity contribution >= 4 is 20.0 Å². The van der Waals surface area contributed by atoms with E-state index in [9.17, 15) is 16.8 Å². The summed E-state index contributed by atoms with van der Waals surface area (Å²) in [5, 5.41) is 2.47. The first-order valence-electron chi connectivity index (χ1n) is 7.17. The molecule has 3 rings (SSSR count). The average molecular weight is 345 g/mol. The van der Waals surface area contributed by atoms with Crippen molar-refractivity contribution in [3.8, 4) is 0 Å². The molecule has 0 bridgehead atoms. The Balaban J connectivity index is 1.69. The fourth-order valence-electron chi connectivity index (χ4n) is 2.64. The summed E-state index contributed by atoms with van der Waals surface area (Å²) >= 11 is 0. The zero-order valence-corrected chi connectivity index (χ0v) is 13.7. The summed E-state index contributed by atoms with van der Waals surface area (Å²) in [5.74, 6) is 0. The van der Waals surface area contributed by atoms with Crippen LogP contribution in [0.15, 0.2) is 35.2 Å². The molecule has 1 aromatic rings. The van der Waals surface area contributed by atoms with Crippen molar-refractivity contribution in [2.75, 3.05) is 39.3 Å². The summed E-state index contributed by atoms with van der Waals surface area (Å²) in [6.07, 6.45) is 0. The Morgan fingerprint density at radius 3 is 2.09 bits per heavy atom. The van der Waals surface area contributed by atoms with Crippen LogP contribution in [0.3, 0.4) is 0 Å². The van der Waals surface area contributed by atoms with Crippen molar-refractivity contribution in [2.24, 2.45) is 0 Å². The first-order chi connectivity index (χ1) is 10.4. The molecule has 2 fully saturated rings. The van der Waals surface area contributed by atoms with E-state index in [1.54, 1.807) is 18.2 Å². The predicted octanol–water partition coefficient (Wildman–Crippen LogP) is -0.705. The number of piperazine rings is 1. The van der Waals surface area contributed by atoms with Crippen molar-refractivity contribution in [3.63, 3.8) is 0 Å². The van der Waals surface area contributed by atoms with Gasteiger partial charge in [-0.1, -0.05) is 18.2 Å².